The standard InChI is InChI=1S/C23H31NO3/c1-5-15-26-23(4,17-11-12-17)22(25)24-20-13-14-21(27-16(3)6-2)19-10-8-7-9-18(19)20/h7-10,13-14,16-17H,5-6,11-12,15H2,1-4H3,(H,24,25). The number of benzene rings is 2. The van der Waals surface area contributed by atoms with Crippen LogP contribution in [0.4, 0.5) is 5.69 Å². The highest BCUT2D eigenvalue weighted by Gasteiger charge is 2.48. The van der Waals surface area contributed by atoms with Crippen molar-refractivity contribution in [2.75, 3.05) is 11.9 Å². The van der Waals surface area contributed by atoms with Crippen LogP contribution in [0.5, 0.6) is 5.75 Å². The van der Waals surface area contributed by atoms with E-state index in [-0.39, 0.29) is 12.0 Å². The second-order valence-electron chi connectivity index (χ2n) is 7.68. The zero-order valence-electron chi connectivity index (χ0n) is 16.9. The molecule has 1 aliphatic rings. The van der Waals surface area contributed by atoms with E-state index in [4.69, 9.17) is 9.47 Å². The molecule has 0 spiro atoms. The third-order valence-corrected chi connectivity index (χ3v) is 5.45. The number of anilines is 1. The minimum atomic E-state index is -0.761. The molecule has 27 heavy (non-hydrogen) atoms. The number of hydrogen-bond acceptors (Lipinski definition) is 3. The van der Waals surface area contributed by atoms with Crippen molar-refractivity contribution in [1.29, 1.82) is 0 Å². The zero-order valence-corrected chi connectivity index (χ0v) is 16.9. The molecule has 0 aromatic heterocycles. The summed E-state index contributed by atoms with van der Waals surface area (Å²) in [5.74, 6) is 1.10. The van der Waals surface area contributed by atoms with E-state index in [1.165, 1.54) is 0 Å². The van der Waals surface area contributed by atoms with E-state index in [1.807, 2.05) is 43.3 Å². The van der Waals surface area contributed by atoms with Crippen LogP contribution in [0.15, 0.2) is 36.4 Å². The van der Waals surface area contributed by atoms with E-state index in [0.717, 1.165) is 47.9 Å². The largest absolute Gasteiger partial charge is 0.490 e. The number of carbonyl (C=O) groups is 1. The topological polar surface area (TPSA) is 47.6 Å². The first kappa shape index (κ1) is 19.7. The lowest BCUT2D eigenvalue weighted by molar-refractivity contribution is -0.142. The van der Waals surface area contributed by atoms with Gasteiger partial charge < -0.3 is 14.8 Å². The number of amides is 1. The fourth-order valence-electron chi connectivity index (χ4n) is 3.35. The van der Waals surface area contributed by atoms with Gasteiger partial charge in [-0.25, -0.2) is 0 Å². The molecular weight excluding hydrogens is 338 g/mol. The average Bonchev–Trinajstić information content (AvgIpc) is 3.53. The Morgan fingerprint density at radius 1 is 1.19 bits per heavy atom. The molecule has 1 saturated carbocycles. The van der Waals surface area contributed by atoms with Gasteiger partial charge in [-0.15, -0.1) is 0 Å². The van der Waals surface area contributed by atoms with Crippen molar-refractivity contribution in [2.45, 2.75) is 65.1 Å². The summed E-state index contributed by atoms with van der Waals surface area (Å²) < 4.78 is 12.1. The van der Waals surface area contributed by atoms with Crippen LogP contribution in [0.1, 0.15) is 53.4 Å². The zero-order chi connectivity index (χ0) is 19.4. The molecule has 2 atom stereocenters. The summed E-state index contributed by atoms with van der Waals surface area (Å²) in [7, 11) is 0. The van der Waals surface area contributed by atoms with E-state index >= 15 is 0 Å². The molecule has 1 aliphatic carbocycles. The molecule has 1 N–H and O–H groups in total. The highest BCUT2D eigenvalue weighted by molar-refractivity contribution is 6.06. The fourth-order valence-corrected chi connectivity index (χ4v) is 3.35. The molecule has 0 saturated heterocycles. The first-order chi connectivity index (χ1) is 13.0. The molecule has 0 bridgehead atoms. The van der Waals surface area contributed by atoms with Crippen molar-refractivity contribution >= 4 is 22.4 Å². The number of hydrogen-bond donors (Lipinski definition) is 1. The highest BCUT2D eigenvalue weighted by Crippen LogP contribution is 2.43. The van der Waals surface area contributed by atoms with Gasteiger partial charge in [0.05, 0.1) is 6.10 Å². The van der Waals surface area contributed by atoms with Gasteiger partial charge in [0.2, 0.25) is 0 Å². The van der Waals surface area contributed by atoms with Crippen LogP contribution >= 0.6 is 0 Å². The number of ether oxygens (including phenoxy) is 2. The number of rotatable bonds is 9. The molecule has 0 radical (unpaired) electrons. The molecule has 1 amide bonds. The number of carbonyl (C=O) groups excluding carboxylic acids is 1. The van der Waals surface area contributed by atoms with Crippen LogP contribution in [-0.4, -0.2) is 24.2 Å². The van der Waals surface area contributed by atoms with Crippen LogP contribution in [0.3, 0.4) is 0 Å². The van der Waals surface area contributed by atoms with Gasteiger partial charge in [-0.05, 0) is 57.6 Å². The highest BCUT2D eigenvalue weighted by atomic mass is 16.5. The van der Waals surface area contributed by atoms with Gasteiger partial charge in [0.25, 0.3) is 5.91 Å². The Bertz CT molecular complexity index is 799. The van der Waals surface area contributed by atoms with Gasteiger partial charge in [0, 0.05) is 23.1 Å². The molecular formula is C23H31NO3. The first-order valence-corrected chi connectivity index (χ1v) is 10.1. The number of nitrogens with one attached hydrogen (secondary N) is 1. The van der Waals surface area contributed by atoms with Crippen LogP contribution in [0.25, 0.3) is 10.8 Å². The molecule has 1 fully saturated rings. The SMILES string of the molecule is CCCOC(C)(C(=O)Nc1ccc(OC(C)CC)c2ccccc12)C1CC1. The van der Waals surface area contributed by atoms with E-state index in [9.17, 15) is 4.79 Å². The minimum absolute atomic E-state index is 0.0563. The first-order valence-electron chi connectivity index (χ1n) is 10.1. The second-order valence-corrected chi connectivity index (χ2v) is 7.68. The smallest absolute Gasteiger partial charge is 0.256 e. The minimum Gasteiger partial charge on any atom is -0.490 e. The average molecular weight is 370 g/mol. The van der Waals surface area contributed by atoms with Gasteiger partial charge in [-0.2, -0.15) is 0 Å². The third kappa shape index (κ3) is 4.27. The predicted octanol–water partition coefficient (Wildman–Crippen LogP) is 5.55. The maximum absolute atomic E-state index is 13.1. The van der Waals surface area contributed by atoms with E-state index in [1.54, 1.807) is 0 Å². The summed E-state index contributed by atoms with van der Waals surface area (Å²) in [5.41, 5.74) is 0.0438. The van der Waals surface area contributed by atoms with Gasteiger partial charge in [0.15, 0.2) is 0 Å². The Labute approximate surface area is 162 Å². The predicted molar refractivity (Wildman–Crippen MR) is 110 cm³/mol. The molecule has 2 unspecified atom stereocenters. The van der Waals surface area contributed by atoms with E-state index < -0.39 is 5.60 Å². The van der Waals surface area contributed by atoms with Crippen LogP contribution in [0.2, 0.25) is 0 Å². The maximum atomic E-state index is 13.1. The molecule has 4 nitrogen and oxygen atoms in total. The Balaban J connectivity index is 1.88. The summed E-state index contributed by atoms with van der Waals surface area (Å²) in [6.45, 7) is 8.77. The van der Waals surface area contributed by atoms with Crippen molar-refractivity contribution in [3.63, 3.8) is 0 Å². The fraction of sp³-hybridized carbons (Fsp3) is 0.522. The summed E-state index contributed by atoms with van der Waals surface area (Å²) in [4.78, 5) is 13.1. The van der Waals surface area contributed by atoms with E-state index in [0.29, 0.717) is 12.5 Å². The Morgan fingerprint density at radius 2 is 1.89 bits per heavy atom. The van der Waals surface area contributed by atoms with Crippen LogP contribution < -0.4 is 10.1 Å². The van der Waals surface area contributed by atoms with Crippen LogP contribution in [-0.2, 0) is 9.53 Å². The Kier molecular flexibility index (Phi) is 6.05. The maximum Gasteiger partial charge on any atom is 0.256 e. The van der Waals surface area contributed by atoms with Gasteiger partial charge in [-0.1, -0.05) is 38.1 Å². The molecule has 0 heterocycles. The Hall–Kier alpha value is -2.07. The molecule has 2 aromatic carbocycles. The molecule has 4 heteroatoms. The van der Waals surface area contributed by atoms with Crippen molar-refractivity contribution < 1.29 is 14.3 Å². The molecule has 146 valence electrons. The monoisotopic (exact) mass is 369 g/mol. The third-order valence-electron chi connectivity index (χ3n) is 5.45. The summed E-state index contributed by atoms with van der Waals surface area (Å²) >= 11 is 0. The van der Waals surface area contributed by atoms with Crippen molar-refractivity contribution in [3.8, 4) is 5.75 Å². The number of fused-ring (bicyclic) bond motifs is 1. The summed E-state index contributed by atoms with van der Waals surface area (Å²) in [6.07, 6.45) is 4.10. The molecule has 2 aromatic rings. The molecule has 0 aliphatic heterocycles. The van der Waals surface area contributed by atoms with Crippen molar-refractivity contribution in [2.24, 2.45) is 5.92 Å². The normalized spacial score (nSPS) is 17.3. The lowest BCUT2D eigenvalue weighted by Gasteiger charge is -2.29. The molecule has 3 rings (SSSR count). The van der Waals surface area contributed by atoms with Gasteiger partial charge >= 0.3 is 0 Å². The summed E-state index contributed by atoms with van der Waals surface area (Å²) in [6, 6.07) is 11.9. The van der Waals surface area contributed by atoms with E-state index in [2.05, 4.69) is 26.1 Å². The quantitative estimate of drug-likeness (QED) is 0.630. The lowest BCUT2D eigenvalue weighted by Crippen LogP contribution is -2.45. The van der Waals surface area contributed by atoms with Crippen LogP contribution in [0, 0.1) is 5.92 Å². The summed E-state index contributed by atoms with van der Waals surface area (Å²) in [5, 5.41) is 5.13. The van der Waals surface area contributed by atoms with Gasteiger partial charge in [-0.3, -0.25) is 4.79 Å². The Morgan fingerprint density at radius 3 is 2.52 bits per heavy atom. The van der Waals surface area contributed by atoms with Gasteiger partial charge in [0.1, 0.15) is 11.4 Å². The van der Waals surface area contributed by atoms with Crippen molar-refractivity contribution in [1.82, 2.24) is 0 Å². The van der Waals surface area contributed by atoms with Crippen molar-refractivity contribution in [3.05, 3.63) is 36.4 Å². The second kappa shape index (κ2) is 8.30. The lowest BCUT2D eigenvalue weighted by atomic mass is 9.98.